The van der Waals surface area contributed by atoms with Gasteiger partial charge in [0.1, 0.15) is 0 Å². The molecule has 2 aliphatic heterocycles. The Hall–Kier alpha value is -1.16. The van der Waals surface area contributed by atoms with Gasteiger partial charge >= 0.3 is 0 Å². The molecule has 1 aromatic heterocycles. The van der Waals surface area contributed by atoms with Gasteiger partial charge in [0.05, 0.1) is 0 Å². The topological polar surface area (TPSA) is 32.3 Å². The standard InChI is InChI=1S/C13H20N4.C3H8/c1-11-7-14-12(15-8-11)17-9-13(10-17)3-5-16(2)6-4-13;1-3-2/h7-8H,3-6,9-10H2,1-2H3;3H2,1-2H3. The van der Waals surface area contributed by atoms with Crippen LogP contribution in [0.4, 0.5) is 5.95 Å². The lowest BCUT2D eigenvalue weighted by atomic mass is 9.72. The first-order chi connectivity index (χ1) is 9.58. The van der Waals surface area contributed by atoms with E-state index >= 15 is 0 Å². The van der Waals surface area contributed by atoms with Crippen LogP contribution in [0, 0.1) is 12.3 Å². The summed E-state index contributed by atoms with van der Waals surface area (Å²) in [6.45, 7) is 11.0. The highest BCUT2D eigenvalue weighted by molar-refractivity contribution is 5.36. The molecule has 0 aliphatic carbocycles. The Morgan fingerprint density at radius 3 is 2.10 bits per heavy atom. The van der Waals surface area contributed by atoms with Gasteiger partial charge < -0.3 is 9.80 Å². The predicted octanol–water partition coefficient (Wildman–Crippen LogP) is 2.73. The van der Waals surface area contributed by atoms with Crippen molar-refractivity contribution in [3.63, 3.8) is 0 Å². The molecule has 0 radical (unpaired) electrons. The highest BCUT2D eigenvalue weighted by atomic mass is 15.3. The van der Waals surface area contributed by atoms with Crippen LogP contribution in [0.25, 0.3) is 0 Å². The van der Waals surface area contributed by atoms with Crippen LogP contribution < -0.4 is 4.90 Å². The molecule has 0 atom stereocenters. The van der Waals surface area contributed by atoms with Crippen molar-refractivity contribution in [2.24, 2.45) is 5.41 Å². The van der Waals surface area contributed by atoms with Gasteiger partial charge in [-0.2, -0.15) is 0 Å². The maximum Gasteiger partial charge on any atom is 0.225 e. The van der Waals surface area contributed by atoms with Crippen LogP contribution in [0.2, 0.25) is 0 Å². The summed E-state index contributed by atoms with van der Waals surface area (Å²) >= 11 is 0. The van der Waals surface area contributed by atoms with Gasteiger partial charge in [-0.05, 0) is 45.5 Å². The number of hydrogen-bond acceptors (Lipinski definition) is 4. The SMILES string of the molecule is CCC.Cc1cnc(N2CC3(CCN(C)CC3)C2)nc1. The molecular formula is C16H28N4. The maximum absolute atomic E-state index is 4.40. The third-order valence-electron chi connectivity index (χ3n) is 4.15. The van der Waals surface area contributed by atoms with Gasteiger partial charge in [0.2, 0.25) is 5.95 Å². The summed E-state index contributed by atoms with van der Waals surface area (Å²) in [4.78, 5) is 13.5. The van der Waals surface area contributed by atoms with Crippen LogP contribution in [-0.4, -0.2) is 48.1 Å². The molecule has 4 heteroatoms. The number of rotatable bonds is 1. The smallest absolute Gasteiger partial charge is 0.225 e. The first-order valence-electron chi connectivity index (χ1n) is 7.81. The summed E-state index contributed by atoms with van der Waals surface area (Å²) in [6, 6.07) is 0. The summed E-state index contributed by atoms with van der Waals surface area (Å²) in [5, 5.41) is 0. The first-order valence-corrected chi connectivity index (χ1v) is 7.81. The van der Waals surface area contributed by atoms with Crippen molar-refractivity contribution in [2.75, 3.05) is 38.1 Å². The number of aromatic nitrogens is 2. The first kappa shape index (κ1) is 15.2. The van der Waals surface area contributed by atoms with E-state index in [4.69, 9.17) is 0 Å². The van der Waals surface area contributed by atoms with Crippen molar-refractivity contribution in [3.8, 4) is 0 Å². The monoisotopic (exact) mass is 276 g/mol. The molecule has 0 bridgehead atoms. The molecular weight excluding hydrogens is 248 g/mol. The van der Waals surface area contributed by atoms with E-state index in [1.54, 1.807) is 0 Å². The van der Waals surface area contributed by atoms with Crippen molar-refractivity contribution >= 4 is 5.95 Å². The zero-order chi connectivity index (χ0) is 14.6. The molecule has 4 nitrogen and oxygen atoms in total. The molecule has 0 amide bonds. The van der Waals surface area contributed by atoms with Crippen LogP contribution in [0.5, 0.6) is 0 Å². The molecule has 2 aliphatic rings. The molecule has 1 spiro atoms. The largest absolute Gasteiger partial charge is 0.340 e. The normalized spacial score (nSPS) is 21.1. The molecule has 3 rings (SSSR count). The second kappa shape index (κ2) is 6.53. The average Bonchev–Trinajstić information content (AvgIpc) is 2.40. The molecule has 0 saturated carbocycles. The van der Waals surface area contributed by atoms with Gasteiger partial charge in [0, 0.05) is 30.9 Å². The van der Waals surface area contributed by atoms with Crippen molar-refractivity contribution in [1.29, 1.82) is 0 Å². The molecule has 0 aromatic carbocycles. The number of likely N-dealkylation sites (tertiary alicyclic amines) is 1. The van der Waals surface area contributed by atoms with Gasteiger partial charge in [0.25, 0.3) is 0 Å². The molecule has 3 heterocycles. The number of aryl methyl sites for hydroxylation is 1. The van der Waals surface area contributed by atoms with Gasteiger partial charge in [-0.1, -0.05) is 20.3 Å². The Labute approximate surface area is 123 Å². The number of nitrogens with zero attached hydrogens (tertiary/aromatic N) is 4. The van der Waals surface area contributed by atoms with Crippen LogP contribution in [0.1, 0.15) is 38.7 Å². The molecule has 2 fully saturated rings. The van der Waals surface area contributed by atoms with E-state index in [0.29, 0.717) is 5.41 Å². The summed E-state index contributed by atoms with van der Waals surface area (Å²) in [6.07, 6.45) is 7.71. The van der Waals surface area contributed by atoms with Crippen molar-refractivity contribution < 1.29 is 0 Å². The van der Waals surface area contributed by atoms with Gasteiger partial charge in [-0.25, -0.2) is 9.97 Å². The fourth-order valence-corrected chi connectivity index (χ4v) is 2.86. The van der Waals surface area contributed by atoms with E-state index < -0.39 is 0 Å². The Bertz CT molecular complexity index is 399. The molecule has 0 N–H and O–H groups in total. The van der Waals surface area contributed by atoms with E-state index in [1.807, 2.05) is 19.3 Å². The number of hydrogen-bond donors (Lipinski definition) is 0. The van der Waals surface area contributed by atoms with Crippen LogP contribution in [0.3, 0.4) is 0 Å². The van der Waals surface area contributed by atoms with Gasteiger partial charge in [-0.3, -0.25) is 0 Å². The third-order valence-corrected chi connectivity index (χ3v) is 4.15. The van der Waals surface area contributed by atoms with Crippen LogP contribution >= 0.6 is 0 Å². The molecule has 0 unspecified atom stereocenters. The molecule has 1 aromatic rings. The van der Waals surface area contributed by atoms with Gasteiger partial charge in [-0.15, -0.1) is 0 Å². The van der Waals surface area contributed by atoms with Gasteiger partial charge in [0.15, 0.2) is 0 Å². The summed E-state index contributed by atoms with van der Waals surface area (Å²) in [7, 11) is 2.21. The van der Waals surface area contributed by atoms with Crippen molar-refractivity contribution in [1.82, 2.24) is 14.9 Å². The zero-order valence-corrected chi connectivity index (χ0v) is 13.4. The van der Waals surface area contributed by atoms with E-state index in [0.717, 1.165) is 24.6 Å². The molecule has 2 saturated heterocycles. The van der Waals surface area contributed by atoms with Crippen LogP contribution in [-0.2, 0) is 0 Å². The highest BCUT2D eigenvalue weighted by Gasteiger charge is 2.45. The lowest BCUT2D eigenvalue weighted by molar-refractivity contribution is 0.0894. The summed E-state index contributed by atoms with van der Waals surface area (Å²) < 4.78 is 0. The van der Waals surface area contributed by atoms with Crippen molar-refractivity contribution in [2.45, 2.75) is 40.0 Å². The lowest BCUT2D eigenvalue weighted by Crippen LogP contribution is -2.60. The van der Waals surface area contributed by atoms with Crippen molar-refractivity contribution in [3.05, 3.63) is 18.0 Å². The number of anilines is 1. The van der Waals surface area contributed by atoms with E-state index in [9.17, 15) is 0 Å². The Kier molecular flexibility index (Phi) is 4.97. The predicted molar refractivity (Wildman–Crippen MR) is 84.1 cm³/mol. The fourth-order valence-electron chi connectivity index (χ4n) is 2.86. The Morgan fingerprint density at radius 1 is 1.10 bits per heavy atom. The zero-order valence-electron chi connectivity index (χ0n) is 13.4. The quantitative estimate of drug-likeness (QED) is 0.789. The summed E-state index contributed by atoms with van der Waals surface area (Å²) in [5.74, 6) is 0.903. The minimum atomic E-state index is 0.556. The second-order valence-corrected chi connectivity index (χ2v) is 6.43. The maximum atomic E-state index is 4.40. The molecule has 112 valence electrons. The third kappa shape index (κ3) is 3.48. The van der Waals surface area contributed by atoms with Crippen LogP contribution in [0.15, 0.2) is 12.4 Å². The van der Waals surface area contributed by atoms with E-state index in [-0.39, 0.29) is 0 Å². The Balaban J connectivity index is 0.000000452. The van der Waals surface area contributed by atoms with E-state index in [2.05, 4.69) is 40.7 Å². The highest BCUT2D eigenvalue weighted by Crippen LogP contribution is 2.41. The lowest BCUT2D eigenvalue weighted by Gasteiger charge is -2.53. The van der Waals surface area contributed by atoms with E-state index in [1.165, 1.54) is 32.4 Å². The molecule has 20 heavy (non-hydrogen) atoms. The second-order valence-electron chi connectivity index (χ2n) is 6.43. The minimum absolute atomic E-state index is 0.556. The average molecular weight is 276 g/mol. The summed E-state index contributed by atoms with van der Waals surface area (Å²) in [5.41, 5.74) is 1.68. The number of piperidine rings is 1. The minimum Gasteiger partial charge on any atom is -0.340 e. The Morgan fingerprint density at radius 2 is 1.60 bits per heavy atom. The fraction of sp³-hybridized carbons (Fsp3) is 0.750.